The van der Waals surface area contributed by atoms with Crippen molar-refractivity contribution in [2.45, 2.75) is 39.7 Å². The number of aromatic nitrogens is 1. The van der Waals surface area contributed by atoms with Crippen LogP contribution in [0.5, 0.6) is 0 Å². The lowest BCUT2D eigenvalue weighted by molar-refractivity contribution is -0.132. The summed E-state index contributed by atoms with van der Waals surface area (Å²) < 4.78 is 5.12. The molecule has 0 spiro atoms. The molecule has 0 unspecified atom stereocenters. The molecule has 0 saturated heterocycles. The van der Waals surface area contributed by atoms with Gasteiger partial charge in [0.1, 0.15) is 5.76 Å². The second-order valence-corrected chi connectivity index (χ2v) is 6.16. The molecule has 0 radical (unpaired) electrons. The fourth-order valence-corrected chi connectivity index (χ4v) is 3.15. The summed E-state index contributed by atoms with van der Waals surface area (Å²) in [4.78, 5) is 25.4. The van der Waals surface area contributed by atoms with Gasteiger partial charge in [0.15, 0.2) is 0 Å². The first kappa shape index (κ1) is 16.2. The van der Waals surface area contributed by atoms with Gasteiger partial charge in [0, 0.05) is 25.1 Å². The van der Waals surface area contributed by atoms with Gasteiger partial charge in [-0.25, -0.2) is 4.79 Å². The van der Waals surface area contributed by atoms with E-state index in [-0.39, 0.29) is 11.5 Å². The number of fused-ring (bicyclic) bond motifs is 1. The van der Waals surface area contributed by atoms with E-state index in [1.807, 2.05) is 19.9 Å². The molecule has 1 aliphatic rings. The van der Waals surface area contributed by atoms with E-state index in [4.69, 9.17) is 9.63 Å². The summed E-state index contributed by atoms with van der Waals surface area (Å²) in [6, 6.07) is 5.14. The minimum atomic E-state index is -0.945. The highest BCUT2D eigenvalue weighted by Crippen LogP contribution is 2.22. The molecule has 2 aromatic rings. The van der Waals surface area contributed by atoms with Crippen molar-refractivity contribution in [1.29, 1.82) is 0 Å². The van der Waals surface area contributed by atoms with Crippen LogP contribution in [0.2, 0.25) is 0 Å². The average Bonchev–Trinajstić information content (AvgIpc) is 2.89. The number of hydrogen-bond acceptors (Lipinski definition) is 4. The van der Waals surface area contributed by atoms with Gasteiger partial charge in [-0.15, -0.1) is 0 Å². The highest BCUT2D eigenvalue weighted by Gasteiger charge is 2.22. The molecule has 6 nitrogen and oxygen atoms in total. The maximum Gasteiger partial charge on any atom is 0.335 e. The van der Waals surface area contributed by atoms with Gasteiger partial charge in [0.2, 0.25) is 5.91 Å². The summed E-state index contributed by atoms with van der Waals surface area (Å²) in [7, 11) is 0. The Bertz CT molecular complexity index is 775. The maximum atomic E-state index is 12.5. The monoisotopic (exact) mass is 328 g/mol. The molecular weight excluding hydrogens is 308 g/mol. The molecule has 0 saturated carbocycles. The second kappa shape index (κ2) is 6.47. The Hall–Kier alpha value is -2.63. The van der Waals surface area contributed by atoms with Crippen molar-refractivity contribution in [2.75, 3.05) is 6.54 Å². The zero-order valence-corrected chi connectivity index (χ0v) is 13.8. The molecule has 24 heavy (non-hydrogen) atoms. The van der Waals surface area contributed by atoms with Crippen LogP contribution in [-0.2, 0) is 24.2 Å². The standard InChI is InChI=1S/C18H20N2O4/c1-11-16(12(2)24-19-11)5-6-17(21)20-8-7-13-3-4-14(18(22)23)9-15(13)10-20/h3-4,9H,5-8,10H2,1-2H3,(H,22,23). The molecular formula is C18H20N2O4. The van der Waals surface area contributed by atoms with Crippen LogP contribution in [0.25, 0.3) is 0 Å². The zero-order chi connectivity index (χ0) is 17.3. The van der Waals surface area contributed by atoms with Crippen LogP contribution in [0.1, 0.15) is 44.9 Å². The molecule has 1 amide bonds. The Labute approximate surface area is 140 Å². The largest absolute Gasteiger partial charge is 0.478 e. The Balaban J connectivity index is 1.67. The average molecular weight is 328 g/mol. The highest BCUT2D eigenvalue weighted by atomic mass is 16.5. The minimum Gasteiger partial charge on any atom is -0.478 e. The van der Waals surface area contributed by atoms with E-state index in [2.05, 4.69) is 5.16 Å². The zero-order valence-electron chi connectivity index (χ0n) is 13.8. The predicted octanol–water partition coefficient (Wildman–Crippen LogP) is 2.51. The van der Waals surface area contributed by atoms with E-state index in [1.54, 1.807) is 17.0 Å². The summed E-state index contributed by atoms with van der Waals surface area (Å²) in [5, 5.41) is 13.0. The summed E-state index contributed by atoms with van der Waals surface area (Å²) in [6.45, 7) is 4.86. The van der Waals surface area contributed by atoms with Crippen molar-refractivity contribution in [3.8, 4) is 0 Å². The molecule has 1 aliphatic heterocycles. The van der Waals surface area contributed by atoms with Crippen molar-refractivity contribution in [2.24, 2.45) is 0 Å². The number of hydrogen-bond donors (Lipinski definition) is 1. The Morgan fingerprint density at radius 1 is 1.29 bits per heavy atom. The smallest absolute Gasteiger partial charge is 0.335 e. The van der Waals surface area contributed by atoms with Gasteiger partial charge in [-0.2, -0.15) is 0 Å². The van der Waals surface area contributed by atoms with E-state index in [0.29, 0.717) is 25.9 Å². The molecule has 3 rings (SSSR count). The summed E-state index contributed by atoms with van der Waals surface area (Å²) in [5.41, 5.74) is 4.13. The Morgan fingerprint density at radius 3 is 2.75 bits per heavy atom. The molecule has 126 valence electrons. The topological polar surface area (TPSA) is 83.6 Å². The van der Waals surface area contributed by atoms with Gasteiger partial charge in [-0.3, -0.25) is 4.79 Å². The Morgan fingerprint density at radius 2 is 2.08 bits per heavy atom. The van der Waals surface area contributed by atoms with E-state index in [9.17, 15) is 9.59 Å². The predicted molar refractivity (Wildman–Crippen MR) is 86.8 cm³/mol. The first-order valence-electron chi connectivity index (χ1n) is 8.00. The molecule has 6 heteroatoms. The quantitative estimate of drug-likeness (QED) is 0.932. The fourth-order valence-electron chi connectivity index (χ4n) is 3.15. The molecule has 1 aromatic heterocycles. The number of carbonyl (C=O) groups is 2. The lowest BCUT2D eigenvalue weighted by Gasteiger charge is -2.29. The van der Waals surface area contributed by atoms with Crippen LogP contribution in [0.15, 0.2) is 22.7 Å². The lowest BCUT2D eigenvalue weighted by Crippen LogP contribution is -2.36. The third-order valence-electron chi connectivity index (χ3n) is 4.59. The number of carboxylic acids is 1. The number of carboxylic acid groups (broad SMARTS) is 1. The third kappa shape index (κ3) is 3.18. The number of rotatable bonds is 4. The number of benzene rings is 1. The molecule has 2 heterocycles. The van der Waals surface area contributed by atoms with Crippen molar-refractivity contribution >= 4 is 11.9 Å². The summed E-state index contributed by atoms with van der Waals surface area (Å²) >= 11 is 0. The van der Waals surface area contributed by atoms with Crippen LogP contribution < -0.4 is 0 Å². The Kier molecular flexibility index (Phi) is 4.38. The summed E-state index contributed by atoms with van der Waals surface area (Å²) in [6.07, 6.45) is 1.77. The van der Waals surface area contributed by atoms with Crippen LogP contribution in [0.4, 0.5) is 0 Å². The number of aryl methyl sites for hydroxylation is 2. The molecule has 0 atom stereocenters. The first-order chi connectivity index (χ1) is 11.5. The highest BCUT2D eigenvalue weighted by molar-refractivity contribution is 5.88. The number of amides is 1. The van der Waals surface area contributed by atoms with Gasteiger partial charge in [-0.1, -0.05) is 11.2 Å². The lowest BCUT2D eigenvalue weighted by atomic mass is 9.97. The van der Waals surface area contributed by atoms with Gasteiger partial charge in [0.25, 0.3) is 0 Å². The van der Waals surface area contributed by atoms with Gasteiger partial charge in [-0.05, 0) is 49.9 Å². The normalized spacial score (nSPS) is 13.7. The minimum absolute atomic E-state index is 0.0707. The van der Waals surface area contributed by atoms with E-state index >= 15 is 0 Å². The van der Waals surface area contributed by atoms with Gasteiger partial charge < -0.3 is 14.5 Å². The van der Waals surface area contributed by atoms with Crippen molar-refractivity contribution in [3.63, 3.8) is 0 Å². The fraction of sp³-hybridized carbons (Fsp3) is 0.389. The SMILES string of the molecule is Cc1noc(C)c1CCC(=O)N1CCc2ccc(C(=O)O)cc2C1. The van der Waals surface area contributed by atoms with E-state index in [0.717, 1.165) is 34.6 Å². The van der Waals surface area contributed by atoms with Crippen LogP contribution in [-0.4, -0.2) is 33.6 Å². The maximum absolute atomic E-state index is 12.5. The van der Waals surface area contributed by atoms with Crippen molar-refractivity contribution in [3.05, 3.63) is 51.9 Å². The molecule has 1 aromatic carbocycles. The number of aromatic carboxylic acids is 1. The number of nitrogens with zero attached hydrogens (tertiary/aromatic N) is 2. The number of carbonyl (C=O) groups excluding carboxylic acids is 1. The van der Waals surface area contributed by atoms with Crippen molar-refractivity contribution < 1.29 is 19.2 Å². The van der Waals surface area contributed by atoms with Gasteiger partial charge in [0.05, 0.1) is 11.3 Å². The molecule has 0 bridgehead atoms. The second-order valence-electron chi connectivity index (χ2n) is 6.16. The molecule has 1 N–H and O–H groups in total. The van der Waals surface area contributed by atoms with E-state index in [1.165, 1.54) is 0 Å². The summed E-state index contributed by atoms with van der Waals surface area (Å²) in [5.74, 6) is -0.114. The molecule has 0 fully saturated rings. The van der Waals surface area contributed by atoms with Crippen LogP contribution >= 0.6 is 0 Å². The van der Waals surface area contributed by atoms with Gasteiger partial charge >= 0.3 is 5.97 Å². The molecule has 0 aliphatic carbocycles. The van der Waals surface area contributed by atoms with Crippen LogP contribution in [0, 0.1) is 13.8 Å². The third-order valence-corrected chi connectivity index (χ3v) is 4.59. The van der Waals surface area contributed by atoms with Crippen molar-refractivity contribution in [1.82, 2.24) is 10.1 Å². The van der Waals surface area contributed by atoms with E-state index < -0.39 is 5.97 Å². The first-order valence-corrected chi connectivity index (χ1v) is 8.00. The van der Waals surface area contributed by atoms with Crippen LogP contribution in [0.3, 0.4) is 0 Å².